The first kappa shape index (κ1) is 29.1. The summed E-state index contributed by atoms with van der Waals surface area (Å²) in [7, 11) is -3.83. The number of thioether (sulfide) groups is 1. The number of esters is 1. The second-order valence-corrected chi connectivity index (χ2v) is 22.3. The maximum Gasteiger partial charge on any atom is 0.338 e. The fourth-order valence-corrected chi connectivity index (χ4v) is 19.9. The van der Waals surface area contributed by atoms with Crippen molar-refractivity contribution in [1.29, 1.82) is 0 Å². The highest BCUT2D eigenvalue weighted by Crippen LogP contribution is 2.59. The molecule has 1 aliphatic carbocycles. The molecule has 4 atom stereocenters. The predicted octanol–water partition coefficient (Wildman–Crippen LogP) is 7.22. The molecule has 1 saturated carbocycles. The first-order valence-corrected chi connectivity index (χ1v) is 18.9. The monoisotopic (exact) mass is 566 g/mol. The molecule has 2 aliphatic heterocycles. The number of carbonyl (C=O) groups excluding carboxylic acids is 1. The Balaban J connectivity index is 1.74. The molecule has 9 heteroatoms. The molecular weight excluding hydrogens is 521 g/mol. The summed E-state index contributed by atoms with van der Waals surface area (Å²) in [6.07, 6.45) is 2.58. The third-order valence-corrected chi connectivity index (χ3v) is 20.7. The number of carbonyl (C=O) groups is 1. The van der Waals surface area contributed by atoms with E-state index in [0.717, 1.165) is 19.3 Å². The number of hydrogen-bond acceptors (Lipinski definition) is 7. The minimum atomic E-state index is -2.80. The first-order chi connectivity index (χ1) is 17.4. The summed E-state index contributed by atoms with van der Waals surface area (Å²) in [5.41, 5.74) is 1.61. The molecule has 0 aromatic heterocycles. The Morgan fingerprint density at radius 2 is 1.51 bits per heavy atom. The summed E-state index contributed by atoms with van der Waals surface area (Å²) >= 11 is 1.91. The van der Waals surface area contributed by atoms with Crippen LogP contribution in [0.5, 0.6) is 5.75 Å². The van der Waals surface area contributed by atoms with Gasteiger partial charge < -0.3 is 22.4 Å². The molecule has 0 radical (unpaired) electrons. The molecule has 1 aromatic rings. The smallest absolute Gasteiger partial charge is 0.338 e. The Morgan fingerprint density at radius 3 is 2.05 bits per heavy atom. The van der Waals surface area contributed by atoms with Crippen molar-refractivity contribution in [2.24, 2.45) is 0 Å². The van der Waals surface area contributed by atoms with Crippen molar-refractivity contribution in [3.63, 3.8) is 0 Å². The Labute approximate surface area is 230 Å². The van der Waals surface area contributed by atoms with Gasteiger partial charge in [0, 0.05) is 5.75 Å². The standard InChI is InChI=1S/C28H46O6SSi2/c1-18(2)36(19(3)4)32-25-11-10-16-28(25)26(33-37(34-36,20(5)6)21(7)8)24(17-35-28)31-27(29)22-12-14-23(30-9)15-13-22/h12-15,18-21,24-26H,10-11,16-17H2,1-9H3/t24-,25-,26-,28?/m0/s1. The van der Waals surface area contributed by atoms with E-state index in [1.165, 1.54) is 0 Å². The van der Waals surface area contributed by atoms with E-state index in [1.54, 1.807) is 31.4 Å². The second kappa shape index (κ2) is 11.0. The van der Waals surface area contributed by atoms with Crippen LogP contribution in [-0.2, 0) is 17.7 Å². The molecule has 37 heavy (non-hydrogen) atoms. The minimum absolute atomic E-state index is 0.0509. The van der Waals surface area contributed by atoms with Gasteiger partial charge in [0.15, 0.2) is 0 Å². The number of benzene rings is 1. The van der Waals surface area contributed by atoms with Gasteiger partial charge in [0.1, 0.15) is 18.0 Å². The van der Waals surface area contributed by atoms with Gasteiger partial charge >= 0.3 is 23.1 Å². The molecule has 208 valence electrons. The Morgan fingerprint density at radius 1 is 0.946 bits per heavy atom. The average Bonchev–Trinajstić information content (AvgIpc) is 3.39. The Kier molecular flexibility index (Phi) is 8.64. The topological polar surface area (TPSA) is 63.2 Å². The number of hydrogen-bond donors (Lipinski definition) is 0. The molecule has 1 spiro atoms. The quantitative estimate of drug-likeness (QED) is 0.255. The summed E-state index contributed by atoms with van der Waals surface area (Å²) in [4.78, 5) is 13.3. The van der Waals surface area contributed by atoms with E-state index in [9.17, 15) is 4.79 Å². The third kappa shape index (κ3) is 4.97. The van der Waals surface area contributed by atoms with Crippen LogP contribution in [-0.4, -0.2) is 59.0 Å². The Hall–Kier alpha value is -0.846. The van der Waals surface area contributed by atoms with Crippen molar-refractivity contribution in [1.82, 2.24) is 0 Å². The van der Waals surface area contributed by atoms with E-state index >= 15 is 0 Å². The summed E-state index contributed by atoms with van der Waals surface area (Å²) in [6.45, 7) is 18.1. The maximum atomic E-state index is 13.3. The molecule has 3 aliphatic rings. The SMILES string of the molecule is COc1ccc(C(=O)O[C@H]2CSC34CCC[C@@H]3O[Si](C(C)C)(C(C)C)O[Si](C(C)C)(C(C)C)O[C@@H]24)cc1. The lowest BCUT2D eigenvalue weighted by atomic mass is 9.94. The van der Waals surface area contributed by atoms with E-state index in [-0.39, 0.29) is 40.1 Å². The van der Waals surface area contributed by atoms with Gasteiger partial charge in [-0.05, 0) is 65.7 Å². The van der Waals surface area contributed by atoms with Crippen molar-refractivity contribution >= 4 is 34.9 Å². The van der Waals surface area contributed by atoms with Crippen LogP contribution in [0.4, 0.5) is 0 Å². The lowest BCUT2D eigenvalue weighted by molar-refractivity contribution is -0.0483. The maximum absolute atomic E-state index is 13.3. The van der Waals surface area contributed by atoms with Gasteiger partial charge in [0.2, 0.25) is 0 Å². The fraction of sp³-hybridized carbons (Fsp3) is 0.750. The molecule has 0 amide bonds. The van der Waals surface area contributed by atoms with Crippen LogP contribution in [0.3, 0.4) is 0 Å². The molecule has 2 heterocycles. The van der Waals surface area contributed by atoms with Crippen LogP contribution in [0, 0.1) is 0 Å². The zero-order chi connectivity index (χ0) is 27.2. The summed E-state index contributed by atoms with van der Waals surface area (Å²) < 4.78 is 33.5. The van der Waals surface area contributed by atoms with Gasteiger partial charge in [0.25, 0.3) is 0 Å². The van der Waals surface area contributed by atoms with Crippen molar-refractivity contribution in [2.45, 2.75) is 120 Å². The number of methoxy groups -OCH3 is 1. The zero-order valence-electron chi connectivity index (χ0n) is 24.0. The van der Waals surface area contributed by atoms with Gasteiger partial charge in [-0.25, -0.2) is 4.79 Å². The van der Waals surface area contributed by atoms with Crippen molar-refractivity contribution in [3.05, 3.63) is 29.8 Å². The van der Waals surface area contributed by atoms with Crippen LogP contribution in [0.25, 0.3) is 0 Å². The fourth-order valence-electron chi connectivity index (χ4n) is 6.61. The van der Waals surface area contributed by atoms with Crippen LogP contribution in [0.1, 0.15) is 85.0 Å². The molecule has 0 N–H and O–H groups in total. The van der Waals surface area contributed by atoms with E-state index in [2.05, 4.69) is 55.4 Å². The third-order valence-electron chi connectivity index (χ3n) is 8.67. The van der Waals surface area contributed by atoms with Gasteiger partial charge in [-0.15, -0.1) is 11.8 Å². The molecule has 2 saturated heterocycles. The van der Waals surface area contributed by atoms with E-state index in [4.69, 9.17) is 22.4 Å². The normalized spacial score (nSPS) is 30.8. The molecular formula is C28H46O6SSi2. The summed E-state index contributed by atoms with van der Waals surface area (Å²) in [5, 5.41) is 0. The van der Waals surface area contributed by atoms with Crippen LogP contribution in [0.2, 0.25) is 22.2 Å². The zero-order valence-corrected chi connectivity index (χ0v) is 26.9. The van der Waals surface area contributed by atoms with E-state index in [1.807, 2.05) is 11.8 Å². The lowest BCUT2D eigenvalue weighted by Crippen LogP contribution is -2.69. The van der Waals surface area contributed by atoms with Crippen molar-refractivity contribution < 1.29 is 27.2 Å². The second-order valence-electron chi connectivity index (χ2n) is 12.1. The average molecular weight is 567 g/mol. The van der Waals surface area contributed by atoms with Gasteiger partial charge in [-0.3, -0.25) is 0 Å². The Bertz CT molecular complexity index is 936. The molecule has 1 aromatic carbocycles. The minimum Gasteiger partial charge on any atom is -0.497 e. The number of ether oxygens (including phenoxy) is 2. The molecule has 4 rings (SSSR count). The molecule has 0 bridgehead atoms. The van der Waals surface area contributed by atoms with Crippen LogP contribution >= 0.6 is 11.8 Å². The van der Waals surface area contributed by atoms with Crippen molar-refractivity contribution in [3.8, 4) is 5.75 Å². The predicted molar refractivity (Wildman–Crippen MR) is 154 cm³/mol. The highest BCUT2D eigenvalue weighted by molar-refractivity contribution is 8.01. The first-order valence-electron chi connectivity index (χ1n) is 14.0. The van der Waals surface area contributed by atoms with Crippen molar-refractivity contribution in [2.75, 3.05) is 12.9 Å². The molecule has 3 fully saturated rings. The van der Waals surface area contributed by atoms with Crippen LogP contribution < -0.4 is 4.74 Å². The highest BCUT2D eigenvalue weighted by Gasteiger charge is 2.68. The summed E-state index contributed by atoms with van der Waals surface area (Å²) in [6, 6.07) is 7.10. The highest BCUT2D eigenvalue weighted by atomic mass is 32.2. The largest absolute Gasteiger partial charge is 0.497 e. The molecule has 6 nitrogen and oxygen atoms in total. The van der Waals surface area contributed by atoms with E-state index < -0.39 is 17.1 Å². The molecule has 1 unspecified atom stereocenters. The van der Waals surface area contributed by atoms with Gasteiger partial charge in [-0.2, -0.15) is 0 Å². The van der Waals surface area contributed by atoms with E-state index in [0.29, 0.717) is 28.1 Å². The van der Waals surface area contributed by atoms with Crippen LogP contribution in [0.15, 0.2) is 24.3 Å². The van der Waals surface area contributed by atoms with Gasteiger partial charge in [-0.1, -0.05) is 55.4 Å². The van der Waals surface area contributed by atoms with Gasteiger partial charge in [0.05, 0.1) is 23.5 Å². The lowest BCUT2D eigenvalue weighted by Gasteiger charge is -2.55. The summed E-state index contributed by atoms with van der Waals surface area (Å²) in [5.74, 6) is 1.11. The number of rotatable bonds is 7.